The standard InChI is InChI=1S/C21H27N3O2.HI/c1-22-21(23-14-18-13-19(26-2)8-9-20(18)25)24-11-10-17(15-24)12-16-6-4-3-5-7-16;/h3-9,13,17,25H,10-12,14-15H2,1-2H3,(H,22,23);1H. The third-order valence-corrected chi connectivity index (χ3v) is 4.89. The molecule has 2 N–H and O–H groups in total. The van der Waals surface area contributed by atoms with Gasteiger partial charge < -0.3 is 20.1 Å². The minimum atomic E-state index is 0. The summed E-state index contributed by atoms with van der Waals surface area (Å²) < 4.78 is 5.23. The van der Waals surface area contributed by atoms with Crippen LogP contribution in [-0.4, -0.2) is 43.2 Å². The average Bonchev–Trinajstić information content (AvgIpc) is 3.12. The first-order chi connectivity index (χ1) is 12.7. The second-order valence-electron chi connectivity index (χ2n) is 6.69. The van der Waals surface area contributed by atoms with Crippen molar-refractivity contribution in [2.75, 3.05) is 27.2 Å². The molecule has 5 nitrogen and oxygen atoms in total. The molecule has 1 aliphatic heterocycles. The van der Waals surface area contributed by atoms with Crippen LogP contribution >= 0.6 is 24.0 Å². The van der Waals surface area contributed by atoms with Crippen LogP contribution in [0, 0.1) is 5.92 Å². The van der Waals surface area contributed by atoms with Crippen LogP contribution in [0.1, 0.15) is 17.5 Å². The maximum Gasteiger partial charge on any atom is 0.193 e. The Morgan fingerprint density at radius 3 is 2.74 bits per heavy atom. The van der Waals surface area contributed by atoms with Gasteiger partial charge in [-0.25, -0.2) is 0 Å². The molecule has 0 spiro atoms. The first kappa shape index (κ1) is 21.3. The van der Waals surface area contributed by atoms with E-state index in [1.807, 2.05) is 6.07 Å². The van der Waals surface area contributed by atoms with Crippen molar-refractivity contribution in [3.63, 3.8) is 0 Å². The highest BCUT2D eigenvalue weighted by molar-refractivity contribution is 14.0. The first-order valence-corrected chi connectivity index (χ1v) is 9.05. The van der Waals surface area contributed by atoms with E-state index in [1.54, 1.807) is 26.3 Å². The number of nitrogens with zero attached hydrogens (tertiary/aromatic N) is 2. The Kier molecular flexibility index (Phi) is 8.22. The Bertz CT molecular complexity index is 752. The summed E-state index contributed by atoms with van der Waals surface area (Å²) in [5, 5.41) is 13.4. The molecule has 2 aromatic carbocycles. The summed E-state index contributed by atoms with van der Waals surface area (Å²) in [4.78, 5) is 6.71. The van der Waals surface area contributed by atoms with Gasteiger partial charge in [-0.3, -0.25) is 4.99 Å². The molecule has 0 amide bonds. The molecular weight excluding hydrogens is 453 g/mol. The van der Waals surface area contributed by atoms with E-state index in [9.17, 15) is 5.11 Å². The molecule has 1 atom stereocenters. The van der Waals surface area contributed by atoms with Crippen LogP contribution in [0.15, 0.2) is 53.5 Å². The summed E-state index contributed by atoms with van der Waals surface area (Å²) in [6.07, 6.45) is 2.27. The van der Waals surface area contributed by atoms with Crippen molar-refractivity contribution in [2.45, 2.75) is 19.4 Å². The smallest absolute Gasteiger partial charge is 0.193 e. The number of ether oxygens (including phenoxy) is 1. The molecular formula is C21H28IN3O2. The fourth-order valence-electron chi connectivity index (χ4n) is 3.48. The minimum Gasteiger partial charge on any atom is -0.508 e. The lowest BCUT2D eigenvalue weighted by atomic mass is 9.99. The molecule has 146 valence electrons. The molecule has 0 radical (unpaired) electrons. The molecule has 1 heterocycles. The topological polar surface area (TPSA) is 57.1 Å². The largest absolute Gasteiger partial charge is 0.508 e. The molecule has 1 fully saturated rings. The van der Waals surface area contributed by atoms with E-state index in [0.29, 0.717) is 12.5 Å². The van der Waals surface area contributed by atoms with Crippen LogP contribution in [0.3, 0.4) is 0 Å². The van der Waals surface area contributed by atoms with E-state index in [1.165, 1.54) is 12.0 Å². The third kappa shape index (κ3) is 5.76. The molecule has 2 aromatic rings. The number of likely N-dealkylation sites (tertiary alicyclic amines) is 1. The van der Waals surface area contributed by atoms with Gasteiger partial charge in [-0.2, -0.15) is 0 Å². The zero-order chi connectivity index (χ0) is 18.4. The number of phenolic OH excluding ortho intramolecular Hbond substituents is 1. The molecule has 0 aromatic heterocycles. The summed E-state index contributed by atoms with van der Waals surface area (Å²) in [5.74, 6) is 2.51. The molecule has 0 saturated carbocycles. The zero-order valence-corrected chi connectivity index (χ0v) is 18.2. The van der Waals surface area contributed by atoms with Crippen LogP contribution in [0.25, 0.3) is 0 Å². The second kappa shape index (κ2) is 10.4. The van der Waals surface area contributed by atoms with Gasteiger partial charge in [0.15, 0.2) is 5.96 Å². The number of halogens is 1. The van der Waals surface area contributed by atoms with Crippen molar-refractivity contribution in [3.8, 4) is 11.5 Å². The lowest BCUT2D eigenvalue weighted by Crippen LogP contribution is -2.39. The molecule has 1 unspecified atom stereocenters. The Balaban J connectivity index is 0.00000261. The van der Waals surface area contributed by atoms with Crippen molar-refractivity contribution in [3.05, 3.63) is 59.7 Å². The first-order valence-electron chi connectivity index (χ1n) is 9.05. The Morgan fingerprint density at radius 1 is 1.26 bits per heavy atom. The summed E-state index contributed by atoms with van der Waals surface area (Å²) >= 11 is 0. The number of nitrogens with one attached hydrogen (secondary N) is 1. The number of hydrogen-bond acceptors (Lipinski definition) is 3. The SMILES string of the molecule is CN=C(NCc1cc(OC)ccc1O)N1CCC(Cc2ccccc2)C1.I. The monoisotopic (exact) mass is 481 g/mol. The minimum absolute atomic E-state index is 0. The number of hydrogen-bond donors (Lipinski definition) is 2. The van der Waals surface area contributed by atoms with Crippen molar-refractivity contribution in [1.82, 2.24) is 10.2 Å². The van der Waals surface area contributed by atoms with Gasteiger partial charge in [0.2, 0.25) is 0 Å². The van der Waals surface area contributed by atoms with Gasteiger partial charge in [0.05, 0.1) is 7.11 Å². The van der Waals surface area contributed by atoms with E-state index in [0.717, 1.165) is 36.8 Å². The van der Waals surface area contributed by atoms with E-state index in [2.05, 4.69) is 45.5 Å². The number of aromatic hydroxyl groups is 1. The van der Waals surface area contributed by atoms with Crippen molar-refractivity contribution in [2.24, 2.45) is 10.9 Å². The summed E-state index contributed by atoms with van der Waals surface area (Å²) in [6, 6.07) is 15.9. The maximum atomic E-state index is 10.0. The number of guanidine groups is 1. The average molecular weight is 481 g/mol. The predicted octanol–water partition coefficient (Wildman–Crippen LogP) is 3.66. The lowest BCUT2D eigenvalue weighted by molar-refractivity contribution is 0.410. The number of aliphatic imine (C=N–C) groups is 1. The number of phenols is 1. The number of rotatable bonds is 5. The van der Waals surface area contributed by atoms with Crippen LogP contribution in [0.2, 0.25) is 0 Å². The quantitative estimate of drug-likeness (QED) is 0.389. The highest BCUT2D eigenvalue weighted by Crippen LogP contribution is 2.24. The number of benzene rings is 2. The summed E-state index contributed by atoms with van der Waals surface area (Å²) in [6.45, 7) is 2.51. The fraction of sp³-hybridized carbons (Fsp3) is 0.381. The van der Waals surface area contributed by atoms with Crippen LogP contribution in [-0.2, 0) is 13.0 Å². The molecule has 27 heavy (non-hydrogen) atoms. The summed E-state index contributed by atoms with van der Waals surface area (Å²) in [5.41, 5.74) is 2.19. The molecule has 0 bridgehead atoms. The van der Waals surface area contributed by atoms with Crippen molar-refractivity contribution >= 4 is 29.9 Å². The molecule has 0 aliphatic carbocycles. The molecule has 1 aliphatic rings. The van der Waals surface area contributed by atoms with E-state index < -0.39 is 0 Å². The second-order valence-corrected chi connectivity index (χ2v) is 6.69. The molecule has 3 rings (SSSR count). The third-order valence-electron chi connectivity index (χ3n) is 4.89. The van der Waals surface area contributed by atoms with Crippen LogP contribution in [0.5, 0.6) is 11.5 Å². The van der Waals surface area contributed by atoms with Crippen molar-refractivity contribution < 1.29 is 9.84 Å². The van der Waals surface area contributed by atoms with Gasteiger partial charge in [-0.05, 0) is 42.5 Å². The van der Waals surface area contributed by atoms with E-state index in [4.69, 9.17) is 4.74 Å². The Labute approximate surface area is 178 Å². The zero-order valence-electron chi connectivity index (χ0n) is 15.9. The van der Waals surface area contributed by atoms with Gasteiger partial charge in [0.25, 0.3) is 0 Å². The van der Waals surface area contributed by atoms with Gasteiger partial charge in [0.1, 0.15) is 11.5 Å². The number of methoxy groups -OCH3 is 1. The van der Waals surface area contributed by atoms with Gasteiger partial charge in [-0.15, -0.1) is 24.0 Å². The predicted molar refractivity (Wildman–Crippen MR) is 120 cm³/mol. The van der Waals surface area contributed by atoms with Gasteiger partial charge in [0, 0.05) is 32.2 Å². The highest BCUT2D eigenvalue weighted by atomic mass is 127. The molecule has 1 saturated heterocycles. The fourth-order valence-corrected chi connectivity index (χ4v) is 3.48. The summed E-state index contributed by atoms with van der Waals surface area (Å²) in [7, 11) is 3.43. The lowest BCUT2D eigenvalue weighted by Gasteiger charge is -2.22. The molecule has 6 heteroatoms. The normalized spacial score (nSPS) is 16.7. The Morgan fingerprint density at radius 2 is 2.04 bits per heavy atom. The highest BCUT2D eigenvalue weighted by Gasteiger charge is 2.25. The van der Waals surface area contributed by atoms with E-state index >= 15 is 0 Å². The van der Waals surface area contributed by atoms with Crippen molar-refractivity contribution in [1.29, 1.82) is 0 Å². The van der Waals surface area contributed by atoms with E-state index in [-0.39, 0.29) is 29.7 Å². The Hall–Kier alpha value is -1.96. The van der Waals surface area contributed by atoms with Gasteiger partial charge in [-0.1, -0.05) is 30.3 Å². The van der Waals surface area contributed by atoms with Crippen LogP contribution < -0.4 is 10.1 Å². The van der Waals surface area contributed by atoms with Gasteiger partial charge >= 0.3 is 0 Å². The maximum absolute atomic E-state index is 10.0. The van der Waals surface area contributed by atoms with Crippen LogP contribution in [0.4, 0.5) is 0 Å².